The monoisotopic (exact) mass is 916 g/mol. The van der Waals surface area contributed by atoms with Gasteiger partial charge in [0.05, 0.1) is 15.6 Å². The molecule has 4 aliphatic heterocycles. The van der Waals surface area contributed by atoms with Crippen molar-refractivity contribution in [3.63, 3.8) is 0 Å². The number of urea groups is 1. The zero-order valence-electron chi connectivity index (χ0n) is 30.2. The van der Waals surface area contributed by atoms with E-state index in [1.165, 1.54) is 46.1 Å². The Bertz CT molecular complexity index is 1520. The molecule has 4 saturated heterocycles. The van der Waals surface area contributed by atoms with Gasteiger partial charge in [0.15, 0.2) is 5.13 Å². The van der Waals surface area contributed by atoms with Gasteiger partial charge in [-0.05, 0) is 81.5 Å². The van der Waals surface area contributed by atoms with Crippen molar-refractivity contribution in [1.29, 1.82) is 0 Å². The van der Waals surface area contributed by atoms with E-state index >= 15 is 0 Å². The van der Waals surface area contributed by atoms with Crippen LogP contribution in [0.3, 0.4) is 0 Å². The number of alkyl halides is 1. The number of ether oxygens (including phenoxy) is 3. The summed E-state index contributed by atoms with van der Waals surface area (Å²) in [6.07, 6.45) is 13.6. The van der Waals surface area contributed by atoms with Crippen LogP contribution in [0.5, 0.6) is 0 Å². The predicted octanol–water partition coefficient (Wildman–Crippen LogP) is 7.88. The van der Waals surface area contributed by atoms with Crippen molar-refractivity contribution >= 4 is 74.2 Å². The van der Waals surface area contributed by atoms with Gasteiger partial charge in [0.2, 0.25) is 5.95 Å². The minimum atomic E-state index is -0.745. The van der Waals surface area contributed by atoms with Crippen LogP contribution in [0.25, 0.3) is 21.3 Å². The molecule has 3 aromatic rings. The van der Waals surface area contributed by atoms with E-state index in [2.05, 4.69) is 62.6 Å². The minimum absolute atomic E-state index is 0.264. The van der Waals surface area contributed by atoms with E-state index in [0.29, 0.717) is 49.5 Å². The Kier molecular flexibility index (Phi) is 18.6. The number of carbonyl (C=O) groups excluding carboxylic acids is 1. The van der Waals surface area contributed by atoms with Gasteiger partial charge in [-0.15, -0.1) is 0 Å². The molecule has 282 valence electrons. The number of carboxylic acid groups (broad SMARTS) is 1. The number of carboxylic acids is 1. The quantitative estimate of drug-likeness (QED) is 0.127. The Hall–Kier alpha value is -1.81. The number of aliphatic carboxylic acids is 1. The van der Waals surface area contributed by atoms with Crippen molar-refractivity contribution in [2.45, 2.75) is 76.0 Å². The SMILES string of the molecule is BrC1CCOCC1.CCNC(=O)Nc1nc2cc(-c3cnc(N4CCC(C)(C(=O)O)CC4)nc3)cc(C3CCOCC3)c2s1.[CH-]1CCOCC1.[Zn+][Br]. The molecule has 12 nitrogen and oxygen atoms in total. The zero-order valence-corrected chi connectivity index (χ0v) is 37.2. The molecule has 0 spiro atoms. The molecule has 0 bridgehead atoms. The molecule has 7 rings (SSSR count). The number of fused-ring (bicyclic) bond motifs is 1. The van der Waals surface area contributed by atoms with E-state index in [4.69, 9.17) is 19.2 Å². The number of piperidine rings is 1. The van der Waals surface area contributed by atoms with Crippen LogP contribution in [0.4, 0.5) is 15.9 Å². The molecule has 1 aromatic carbocycles. The van der Waals surface area contributed by atoms with Crippen LogP contribution < -0.4 is 15.5 Å². The van der Waals surface area contributed by atoms with Crippen molar-refractivity contribution in [2.75, 3.05) is 69.5 Å². The van der Waals surface area contributed by atoms with E-state index in [9.17, 15) is 14.7 Å². The van der Waals surface area contributed by atoms with E-state index in [0.717, 1.165) is 91.5 Å². The van der Waals surface area contributed by atoms with Crippen LogP contribution in [0.1, 0.15) is 76.7 Å². The molecule has 3 N–H and O–H groups in total. The van der Waals surface area contributed by atoms with Crippen molar-refractivity contribution < 1.29 is 45.2 Å². The van der Waals surface area contributed by atoms with Crippen LogP contribution in [-0.4, -0.2) is 96.2 Å². The van der Waals surface area contributed by atoms with Gasteiger partial charge >= 0.3 is 42.0 Å². The van der Waals surface area contributed by atoms with Crippen LogP contribution in [0.15, 0.2) is 24.5 Å². The molecule has 0 aliphatic carbocycles. The average Bonchev–Trinajstić information content (AvgIpc) is 3.60. The third-order valence-electron chi connectivity index (χ3n) is 9.46. The second-order valence-electron chi connectivity index (χ2n) is 13.2. The van der Waals surface area contributed by atoms with Crippen molar-refractivity contribution in [3.05, 3.63) is 36.5 Å². The number of hydrogen-bond acceptors (Lipinski definition) is 10. The Balaban J connectivity index is 0.000000334. The van der Waals surface area contributed by atoms with Gasteiger partial charge in [-0.3, -0.25) is 10.1 Å². The topological polar surface area (TPSA) is 148 Å². The molecule has 52 heavy (non-hydrogen) atoms. The first kappa shape index (κ1) is 42.9. The molecular formula is C36H50Br2N6O6SZn. The molecule has 0 saturated carbocycles. The van der Waals surface area contributed by atoms with E-state index in [1.54, 1.807) is 6.92 Å². The molecule has 0 unspecified atom stereocenters. The Morgan fingerprint density at radius 1 is 0.981 bits per heavy atom. The van der Waals surface area contributed by atoms with E-state index < -0.39 is 11.4 Å². The van der Waals surface area contributed by atoms with Crippen LogP contribution in [-0.2, 0) is 35.3 Å². The number of thiazole rings is 1. The van der Waals surface area contributed by atoms with Gasteiger partial charge in [-0.2, -0.15) is 12.8 Å². The Morgan fingerprint density at radius 3 is 2.08 bits per heavy atom. The number of carbonyl (C=O) groups is 2. The summed E-state index contributed by atoms with van der Waals surface area (Å²) in [5.74, 6) is 0.223. The normalized spacial score (nSPS) is 19.2. The molecule has 0 radical (unpaired) electrons. The fourth-order valence-corrected chi connectivity index (χ4v) is 7.60. The second kappa shape index (κ2) is 22.5. The Morgan fingerprint density at radius 2 is 1.58 bits per heavy atom. The average molecular weight is 920 g/mol. The summed E-state index contributed by atoms with van der Waals surface area (Å²) in [5, 5.41) is 15.6. The molecular weight excluding hydrogens is 870 g/mol. The molecule has 6 heterocycles. The summed E-state index contributed by atoms with van der Waals surface area (Å²) in [6, 6.07) is 3.96. The predicted molar refractivity (Wildman–Crippen MR) is 209 cm³/mol. The summed E-state index contributed by atoms with van der Waals surface area (Å²) in [5.41, 5.74) is 3.23. The maximum absolute atomic E-state index is 12.1. The zero-order chi connectivity index (χ0) is 37.3. The van der Waals surface area contributed by atoms with Gasteiger partial charge in [-0.25, -0.2) is 19.7 Å². The molecule has 4 fully saturated rings. The second-order valence-corrected chi connectivity index (χ2v) is 15.5. The van der Waals surface area contributed by atoms with E-state index in [-0.39, 0.29) is 6.03 Å². The number of aromatic nitrogens is 3. The van der Waals surface area contributed by atoms with Gasteiger partial charge < -0.3 is 36.0 Å². The fraction of sp³-hybridized carbons (Fsp3) is 0.611. The van der Waals surface area contributed by atoms with Gasteiger partial charge in [0.1, 0.15) is 0 Å². The molecule has 2 amide bonds. The molecule has 2 aromatic heterocycles. The third kappa shape index (κ3) is 12.9. The first-order chi connectivity index (χ1) is 25.3. The number of amides is 2. The molecule has 0 atom stereocenters. The number of nitrogens with one attached hydrogen (secondary N) is 2. The first-order valence-corrected chi connectivity index (χ1v) is 26.7. The molecule has 4 aliphatic rings. The number of anilines is 2. The number of halogens is 2. The van der Waals surface area contributed by atoms with Crippen molar-refractivity contribution in [3.8, 4) is 11.1 Å². The van der Waals surface area contributed by atoms with E-state index in [1.807, 2.05) is 30.3 Å². The number of benzene rings is 1. The maximum atomic E-state index is 12.1. The molecule has 16 heteroatoms. The van der Waals surface area contributed by atoms with Gasteiger partial charge in [-0.1, -0.05) is 27.3 Å². The number of nitrogens with zero attached hydrogens (tertiary/aromatic N) is 4. The van der Waals surface area contributed by atoms with Crippen LogP contribution >= 0.6 is 40.9 Å². The first-order valence-electron chi connectivity index (χ1n) is 18.0. The number of rotatable bonds is 6. The van der Waals surface area contributed by atoms with Crippen LogP contribution in [0.2, 0.25) is 0 Å². The summed E-state index contributed by atoms with van der Waals surface area (Å²) in [7, 11) is 0. The summed E-state index contributed by atoms with van der Waals surface area (Å²) < 4.78 is 16.8. The standard InChI is InChI=1S/C26H32N6O4S.C5H9BrO.C5H9O.BrH.Zn/c1-3-27-24(35)31-25-30-20-13-17(12-19(21(20)37-25)16-4-10-36-11-5-16)18-14-28-23(29-15-18)32-8-6-26(2,7-9-32)22(33)34;6-5-1-3-7-4-2-5;1-2-4-6-5-3-1;;/h12-16H,3-11H2,1-2H3,(H,33,34)(H2,27,30,31,35);5H,1-4H2;1H,2-5H2;1H;/q;;-1;;+2/p-1. The summed E-state index contributed by atoms with van der Waals surface area (Å²) in [6.45, 7) is 10.7. The van der Waals surface area contributed by atoms with Crippen molar-refractivity contribution in [2.24, 2.45) is 5.41 Å². The van der Waals surface area contributed by atoms with Gasteiger partial charge in [0, 0.05) is 82.1 Å². The Labute approximate surface area is 336 Å². The fourth-order valence-electron chi connectivity index (χ4n) is 6.19. The summed E-state index contributed by atoms with van der Waals surface area (Å²) in [4.78, 5) is 40.4. The van der Waals surface area contributed by atoms with Crippen LogP contribution in [0, 0.1) is 11.8 Å². The van der Waals surface area contributed by atoms with Crippen molar-refractivity contribution in [1.82, 2.24) is 20.3 Å². The summed E-state index contributed by atoms with van der Waals surface area (Å²) >= 11 is 9.25. The number of hydrogen-bond donors (Lipinski definition) is 3. The van der Waals surface area contributed by atoms with Gasteiger partial charge in [0.25, 0.3) is 0 Å². The third-order valence-corrected chi connectivity index (χ3v) is 11.4.